The predicted molar refractivity (Wildman–Crippen MR) is 105 cm³/mol. The van der Waals surface area contributed by atoms with Gasteiger partial charge in [-0.2, -0.15) is 0 Å². The van der Waals surface area contributed by atoms with Gasteiger partial charge in [0.2, 0.25) is 5.91 Å². The average molecular weight is 368 g/mol. The Kier molecular flexibility index (Phi) is 6.76. The number of hydrogen-bond acceptors (Lipinski definition) is 5. The highest BCUT2D eigenvalue weighted by Gasteiger charge is 2.21. The van der Waals surface area contributed by atoms with E-state index in [1.54, 1.807) is 12.4 Å². The molecule has 6 heteroatoms. The third-order valence-electron chi connectivity index (χ3n) is 4.65. The molecule has 2 heterocycles. The highest BCUT2D eigenvalue weighted by Crippen LogP contribution is 2.16. The first kappa shape index (κ1) is 19.3. The van der Waals surface area contributed by atoms with Gasteiger partial charge in [-0.15, -0.1) is 0 Å². The summed E-state index contributed by atoms with van der Waals surface area (Å²) >= 11 is 0. The molecule has 27 heavy (non-hydrogen) atoms. The van der Waals surface area contributed by atoms with Gasteiger partial charge in [0.1, 0.15) is 5.75 Å². The van der Waals surface area contributed by atoms with Crippen molar-refractivity contribution in [3.63, 3.8) is 0 Å². The minimum atomic E-state index is 0.130. The number of benzene rings is 1. The molecular formula is C21H28N4O2. The smallest absolute Gasteiger partial charge is 0.227 e. The number of amides is 1. The summed E-state index contributed by atoms with van der Waals surface area (Å²) in [5.74, 6) is 1.01. The summed E-state index contributed by atoms with van der Waals surface area (Å²) in [6.45, 7) is 8.33. The number of ether oxygens (including phenoxy) is 1. The number of carbonyl (C=O) groups is 1. The van der Waals surface area contributed by atoms with Crippen LogP contribution in [0.1, 0.15) is 25.1 Å². The third kappa shape index (κ3) is 6.03. The van der Waals surface area contributed by atoms with E-state index in [-0.39, 0.29) is 12.0 Å². The van der Waals surface area contributed by atoms with Crippen molar-refractivity contribution < 1.29 is 9.53 Å². The van der Waals surface area contributed by atoms with Gasteiger partial charge >= 0.3 is 0 Å². The van der Waals surface area contributed by atoms with Crippen molar-refractivity contribution in [1.29, 1.82) is 0 Å². The molecule has 1 aliphatic heterocycles. The molecule has 0 bridgehead atoms. The van der Waals surface area contributed by atoms with E-state index in [1.807, 2.05) is 49.2 Å². The van der Waals surface area contributed by atoms with Gasteiger partial charge < -0.3 is 9.64 Å². The molecule has 0 atom stereocenters. The number of carbonyl (C=O) groups excluding carboxylic acids is 1. The van der Waals surface area contributed by atoms with Crippen LogP contribution in [-0.2, 0) is 17.6 Å². The van der Waals surface area contributed by atoms with Crippen LogP contribution in [0.5, 0.6) is 5.75 Å². The second-order valence-corrected chi connectivity index (χ2v) is 7.16. The Morgan fingerprint density at radius 3 is 2.70 bits per heavy atom. The van der Waals surface area contributed by atoms with E-state index in [0.717, 1.165) is 56.2 Å². The standard InChI is InChI=1S/C21H28N4O2/c1-17(2)27-20-5-3-4-18(14-20)15-21(26)25-12-10-24(11-13-25)9-6-19-16-22-7-8-23-19/h3-5,7-8,14,16-17H,6,9-13,15H2,1-2H3. The normalized spacial score (nSPS) is 15.1. The molecule has 1 aromatic carbocycles. The maximum atomic E-state index is 12.6. The van der Waals surface area contributed by atoms with Gasteiger partial charge in [-0.25, -0.2) is 0 Å². The van der Waals surface area contributed by atoms with Crippen molar-refractivity contribution in [3.05, 3.63) is 54.1 Å². The van der Waals surface area contributed by atoms with Crippen LogP contribution in [0.4, 0.5) is 0 Å². The lowest BCUT2D eigenvalue weighted by molar-refractivity contribution is -0.132. The second kappa shape index (κ2) is 9.46. The maximum Gasteiger partial charge on any atom is 0.227 e. The van der Waals surface area contributed by atoms with Gasteiger partial charge in [-0.05, 0) is 31.5 Å². The summed E-state index contributed by atoms with van der Waals surface area (Å²) in [6, 6.07) is 7.84. The highest BCUT2D eigenvalue weighted by molar-refractivity contribution is 5.79. The molecule has 1 amide bonds. The van der Waals surface area contributed by atoms with Crippen LogP contribution in [0.15, 0.2) is 42.9 Å². The number of aromatic nitrogens is 2. The molecule has 0 saturated carbocycles. The Hall–Kier alpha value is -2.47. The van der Waals surface area contributed by atoms with E-state index < -0.39 is 0 Å². The van der Waals surface area contributed by atoms with E-state index >= 15 is 0 Å². The molecule has 1 fully saturated rings. The van der Waals surface area contributed by atoms with Crippen LogP contribution in [0.3, 0.4) is 0 Å². The fourth-order valence-electron chi connectivity index (χ4n) is 3.24. The van der Waals surface area contributed by atoms with Crippen molar-refractivity contribution in [3.8, 4) is 5.75 Å². The first-order valence-corrected chi connectivity index (χ1v) is 9.61. The Morgan fingerprint density at radius 1 is 1.19 bits per heavy atom. The molecule has 144 valence electrons. The number of rotatable bonds is 7. The summed E-state index contributed by atoms with van der Waals surface area (Å²) in [6.07, 6.45) is 6.69. The van der Waals surface area contributed by atoms with Gasteiger partial charge in [0.25, 0.3) is 0 Å². The Balaban J connectivity index is 1.44. The van der Waals surface area contributed by atoms with Crippen LogP contribution < -0.4 is 4.74 Å². The van der Waals surface area contributed by atoms with Gasteiger partial charge in [-0.1, -0.05) is 12.1 Å². The molecular weight excluding hydrogens is 340 g/mol. The molecule has 0 N–H and O–H groups in total. The first-order valence-electron chi connectivity index (χ1n) is 9.61. The van der Waals surface area contributed by atoms with Crippen LogP contribution in [0.2, 0.25) is 0 Å². The average Bonchev–Trinajstić information content (AvgIpc) is 2.67. The number of nitrogens with zero attached hydrogens (tertiary/aromatic N) is 4. The number of piperazine rings is 1. The Labute approximate surface area is 161 Å². The van der Waals surface area contributed by atoms with Crippen molar-refractivity contribution >= 4 is 5.91 Å². The van der Waals surface area contributed by atoms with Crippen LogP contribution in [-0.4, -0.2) is 64.5 Å². The minimum absolute atomic E-state index is 0.130. The number of hydrogen-bond donors (Lipinski definition) is 0. The molecule has 0 spiro atoms. The summed E-state index contributed by atoms with van der Waals surface area (Å²) < 4.78 is 5.72. The van der Waals surface area contributed by atoms with E-state index in [4.69, 9.17) is 4.74 Å². The topological polar surface area (TPSA) is 58.6 Å². The lowest BCUT2D eigenvalue weighted by Gasteiger charge is -2.34. The zero-order valence-electron chi connectivity index (χ0n) is 16.2. The largest absolute Gasteiger partial charge is 0.491 e. The summed E-state index contributed by atoms with van der Waals surface area (Å²) in [7, 11) is 0. The monoisotopic (exact) mass is 368 g/mol. The third-order valence-corrected chi connectivity index (χ3v) is 4.65. The summed E-state index contributed by atoms with van der Waals surface area (Å²) in [5.41, 5.74) is 2.02. The molecule has 0 aliphatic carbocycles. The summed E-state index contributed by atoms with van der Waals surface area (Å²) in [5, 5.41) is 0. The first-order chi connectivity index (χ1) is 13.1. The highest BCUT2D eigenvalue weighted by atomic mass is 16.5. The van der Waals surface area contributed by atoms with E-state index in [0.29, 0.717) is 6.42 Å². The van der Waals surface area contributed by atoms with Gasteiger partial charge in [-0.3, -0.25) is 19.7 Å². The Bertz CT molecular complexity index is 728. The molecule has 6 nitrogen and oxygen atoms in total. The van der Waals surface area contributed by atoms with Crippen molar-refractivity contribution in [1.82, 2.24) is 19.8 Å². The van der Waals surface area contributed by atoms with E-state index in [1.165, 1.54) is 0 Å². The fourth-order valence-corrected chi connectivity index (χ4v) is 3.24. The molecule has 1 saturated heterocycles. The zero-order chi connectivity index (χ0) is 19.1. The summed E-state index contributed by atoms with van der Waals surface area (Å²) in [4.78, 5) is 25.4. The fraction of sp³-hybridized carbons (Fsp3) is 0.476. The molecule has 0 radical (unpaired) electrons. The van der Waals surface area contributed by atoms with E-state index in [2.05, 4.69) is 14.9 Å². The van der Waals surface area contributed by atoms with Crippen molar-refractivity contribution in [2.75, 3.05) is 32.7 Å². The molecule has 0 unspecified atom stereocenters. The van der Waals surface area contributed by atoms with Gasteiger partial charge in [0.05, 0.1) is 18.2 Å². The Morgan fingerprint density at radius 2 is 2.00 bits per heavy atom. The van der Waals surface area contributed by atoms with Crippen molar-refractivity contribution in [2.45, 2.75) is 32.8 Å². The van der Waals surface area contributed by atoms with E-state index in [9.17, 15) is 4.79 Å². The quantitative estimate of drug-likeness (QED) is 0.750. The minimum Gasteiger partial charge on any atom is -0.491 e. The van der Waals surface area contributed by atoms with Gasteiger partial charge in [0.15, 0.2) is 0 Å². The molecule has 2 aromatic rings. The van der Waals surface area contributed by atoms with Gasteiger partial charge in [0, 0.05) is 57.7 Å². The zero-order valence-corrected chi connectivity index (χ0v) is 16.2. The van der Waals surface area contributed by atoms with Crippen molar-refractivity contribution in [2.24, 2.45) is 0 Å². The van der Waals surface area contributed by atoms with Crippen LogP contribution in [0.25, 0.3) is 0 Å². The lowest BCUT2D eigenvalue weighted by atomic mass is 10.1. The second-order valence-electron chi connectivity index (χ2n) is 7.16. The van der Waals surface area contributed by atoms with Crippen LogP contribution in [0, 0.1) is 0 Å². The lowest BCUT2D eigenvalue weighted by Crippen LogP contribution is -2.49. The predicted octanol–water partition coefficient (Wildman–Crippen LogP) is 2.19. The molecule has 1 aliphatic rings. The maximum absolute atomic E-state index is 12.6. The SMILES string of the molecule is CC(C)Oc1cccc(CC(=O)N2CCN(CCc3cnccn3)CC2)c1. The molecule has 1 aromatic heterocycles. The van der Waals surface area contributed by atoms with Crippen LogP contribution >= 0.6 is 0 Å². The molecule has 3 rings (SSSR count).